The average molecular weight is 501 g/mol. The van der Waals surface area contributed by atoms with Gasteiger partial charge in [0, 0.05) is 4.90 Å². The van der Waals surface area contributed by atoms with Crippen LogP contribution in [0.15, 0.2) is 92.7 Å². The maximum absolute atomic E-state index is 13.8. The van der Waals surface area contributed by atoms with E-state index in [1.807, 2.05) is 60.9 Å². The highest BCUT2D eigenvalue weighted by Crippen LogP contribution is 2.31. The Bertz CT molecular complexity index is 1640. The van der Waals surface area contributed by atoms with Crippen molar-refractivity contribution >= 4 is 45.9 Å². The minimum Gasteiger partial charge on any atom is -0.463 e. The molecule has 1 atom stereocenters. The summed E-state index contributed by atoms with van der Waals surface area (Å²) in [6, 6.07) is 21.5. The van der Waals surface area contributed by atoms with Gasteiger partial charge in [0.2, 0.25) is 0 Å². The van der Waals surface area contributed by atoms with Crippen LogP contribution in [0.4, 0.5) is 0 Å². The molecule has 0 aliphatic carbocycles. The van der Waals surface area contributed by atoms with Crippen molar-refractivity contribution in [1.82, 2.24) is 4.57 Å². The third-order valence-electron chi connectivity index (χ3n) is 6.06. The molecule has 1 aliphatic heterocycles. The van der Waals surface area contributed by atoms with E-state index in [0.29, 0.717) is 20.6 Å². The van der Waals surface area contributed by atoms with E-state index < -0.39 is 12.0 Å². The maximum Gasteiger partial charge on any atom is 0.338 e. The number of hydrogen-bond donors (Lipinski definition) is 0. The molecule has 2 heterocycles. The van der Waals surface area contributed by atoms with Gasteiger partial charge in [-0.25, -0.2) is 9.79 Å². The summed E-state index contributed by atoms with van der Waals surface area (Å²) in [6.45, 7) is 3.83. The highest BCUT2D eigenvalue weighted by atomic mass is 32.2. The van der Waals surface area contributed by atoms with Crippen molar-refractivity contribution in [3.63, 3.8) is 0 Å². The van der Waals surface area contributed by atoms with E-state index >= 15 is 0 Å². The Hall–Kier alpha value is -3.42. The molecule has 5 nitrogen and oxygen atoms in total. The number of thioether (sulfide) groups is 1. The van der Waals surface area contributed by atoms with Gasteiger partial charge in [-0.1, -0.05) is 65.9 Å². The smallest absolute Gasteiger partial charge is 0.338 e. The zero-order chi connectivity index (χ0) is 24.5. The highest BCUT2D eigenvalue weighted by molar-refractivity contribution is 7.98. The number of thiazole rings is 1. The standard InChI is InChI=1S/C28H24N2O3S2/c1-4-33-27(32)24-17(2)29-28-30(25(24)19-12-14-21(34-3)15-13-19)26(31)23(35-28)16-20-10-7-9-18-8-5-6-11-22(18)20/h5-16,25H,4H2,1-3H3/b23-16+/t25-/m1/s1. The Labute approximate surface area is 211 Å². The number of fused-ring (bicyclic) bond motifs is 2. The summed E-state index contributed by atoms with van der Waals surface area (Å²) < 4.78 is 7.58. The maximum atomic E-state index is 13.8. The Morgan fingerprint density at radius 2 is 1.86 bits per heavy atom. The van der Waals surface area contributed by atoms with Crippen molar-refractivity contribution in [3.05, 3.63) is 109 Å². The molecule has 1 aromatic heterocycles. The van der Waals surface area contributed by atoms with Crippen LogP contribution in [0.3, 0.4) is 0 Å². The molecule has 0 spiro atoms. The molecule has 0 bridgehead atoms. The second-order valence-electron chi connectivity index (χ2n) is 8.14. The molecule has 0 radical (unpaired) electrons. The quantitative estimate of drug-likeness (QED) is 0.295. The summed E-state index contributed by atoms with van der Waals surface area (Å²) in [5.41, 5.74) is 2.61. The number of aromatic nitrogens is 1. The third-order valence-corrected chi connectivity index (χ3v) is 7.79. The first-order valence-corrected chi connectivity index (χ1v) is 13.4. The molecule has 3 aromatic carbocycles. The van der Waals surface area contributed by atoms with Crippen LogP contribution in [0.1, 0.15) is 31.0 Å². The lowest BCUT2D eigenvalue weighted by atomic mass is 9.96. The Morgan fingerprint density at radius 3 is 2.60 bits per heavy atom. The second kappa shape index (κ2) is 9.68. The van der Waals surface area contributed by atoms with Crippen LogP contribution in [0.5, 0.6) is 0 Å². The number of nitrogens with zero attached hydrogens (tertiary/aromatic N) is 2. The average Bonchev–Trinajstić information content (AvgIpc) is 3.18. The molecule has 0 N–H and O–H groups in total. The Kier molecular flexibility index (Phi) is 6.45. The van der Waals surface area contributed by atoms with E-state index in [1.54, 1.807) is 30.2 Å². The lowest BCUT2D eigenvalue weighted by Gasteiger charge is -2.24. The van der Waals surface area contributed by atoms with Crippen molar-refractivity contribution in [2.24, 2.45) is 4.99 Å². The van der Waals surface area contributed by atoms with Crippen molar-refractivity contribution in [1.29, 1.82) is 0 Å². The van der Waals surface area contributed by atoms with Crippen LogP contribution in [-0.4, -0.2) is 23.4 Å². The zero-order valence-electron chi connectivity index (χ0n) is 19.6. The van der Waals surface area contributed by atoms with E-state index in [0.717, 1.165) is 26.8 Å². The van der Waals surface area contributed by atoms with Crippen LogP contribution in [0.2, 0.25) is 0 Å². The molecular weight excluding hydrogens is 476 g/mol. The fraction of sp³-hybridized carbons (Fsp3) is 0.179. The first-order valence-electron chi connectivity index (χ1n) is 11.3. The summed E-state index contributed by atoms with van der Waals surface area (Å²) >= 11 is 2.98. The highest BCUT2D eigenvalue weighted by Gasteiger charge is 2.33. The van der Waals surface area contributed by atoms with E-state index in [9.17, 15) is 9.59 Å². The van der Waals surface area contributed by atoms with Gasteiger partial charge in [-0.05, 0) is 60.2 Å². The number of esters is 1. The molecule has 5 rings (SSSR count). The topological polar surface area (TPSA) is 60.7 Å². The van der Waals surface area contributed by atoms with Gasteiger partial charge in [0.25, 0.3) is 5.56 Å². The summed E-state index contributed by atoms with van der Waals surface area (Å²) in [5, 5.41) is 2.19. The lowest BCUT2D eigenvalue weighted by Crippen LogP contribution is -2.39. The number of allylic oxidation sites excluding steroid dienone is 1. The predicted octanol–water partition coefficient (Wildman–Crippen LogP) is 4.67. The van der Waals surface area contributed by atoms with Crippen LogP contribution >= 0.6 is 23.1 Å². The van der Waals surface area contributed by atoms with Gasteiger partial charge in [-0.3, -0.25) is 9.36 Å². The van der Waals surface area contributed by atoms with E-state index in [1.165, 1.54) is 11.3 Å². The van der Waals surface area contributed by atoms with E-state index in [-0.39, 0.29) is 12.2 Å². The third kappa shape index (κ3) is 4.26. The molecule has 7 heteroatoms. The Morgan fingerprint density at radius 1 is 1.11 bits per heavy atom. The van der Waals surface area contributed by atoms with E-state index in [4.69, 9.17) is 4.74 Å². The molecular formula is C28H24N2O3S2. The molecule has 1 aliphatic rings. The molecule has 0 saturated heterocycles. The molecule has 0 unspecified atom stereocenters. The van der Waals surface area contributed by atoms with E-state index in [2.05, 4.69) is 23.2 Å². The summed E-state index contributed by atoms with van der Waals surface area (Å²) in [7, 11) is 0. The predicted molar refractivity (Wildman–Crippen MR) is 143 cm³/mol. The first kappa shape index (κ1) is 23.3. The van der Waals surface area contributed by atoms with Crippen LogP contribution in [0, 0.1) is 0 Å². The first-order chi connectivity index (χ1) is 17.0. The summed E-state index contributed by atoms with van der Waals surface area (Å²) in [4.78, 5) is 33.2. The van der Waals surface area contributed by atoms with Crippen molar-refractivity contribution in [2.75, 3.05) is 12.9 Å². The van der Waals surface area contributed by atoms with Crippen LogP contribution < -0.4 is 14.9 Å². The summed E-state index contributed by atoms with van der Waals surface area (Å²) in [6.07, 6.45) is 3.93. The summed E-state index contributed by atoms with van der Waals surface area (Å²) in [5.74, 6) is -0.448. The van der Waals surface area contributed by atoms with Crippen LogP contribution in [0.25, 0.3) is 16.8 Å². The fourth-order valence-electron chi connectivity index (χ4n) is 4.41. The normalized spacial score (nSPS) is 15.7. The number of hydrogen-bond acceptors (Lipinski definition) is 6. The van der Waals surface area contributed by atoms with Crippen molar-refractivity contribution < 1.29 is 9.53 Å². The lowest BCUT2D eigenvalue weighted by molar-refractivity contribution is -0.139. The van der Waals surface area contributed by atoms with Gasteiger partial charge >= 0.3 is 5.97 Å². The number of benzene rings is 3. The minimum atomic E-state index is -0.601. The van der Waals surface area contributed by atoms with Gasteiger partial charge in [0.05, 0.1) is 28.5 Å². The number of carbonyl (C=O) groups excluding carboxylic acids is 1. The molecule has 0 saturated carbocycles. The minimum absolute atomic E-state index is 0.171. The molecule has 35 heavy (non-hydrogen) atoms. The van der Waals surface area contributed by atoms with Gasteiger partial charge in [0.15, 0.2) is 4.80 Å². The number of carbonyl (C=O) groups is 1. The number of ether oxygens (including phenoxy) is 1. The van der Waals surface area contributed by atoms with Gasteiger partial charge < -0.3 is 4.74 Å². The SMILES string of the molecule is CCOC(=O)C1=C(C)N=c2s/c(=C/c3cccc4ccccc34)c(=O)n2[C@@H]1c1ccc(SC)cc1. The van der Waals surface area contributed by atoms with Gasteiger partial charge in [-0.2, -0.15) is 0 Å². The monoisotopic (exact) mass is 500 g/mol. The molecule has 0 amide bonds. The Balaban J connectivity index is 1.74. The van der Waals surface area contributed by atoms with Crippen molar-refractivity contribution in [3.8, 4) is 0 Å². The fourth-order valence-corrected chi connectivity index (χ4v) is 5.86. The van der Waals surface area contributed by atoms with Crippen molar-refractivity contribution in [2.45, 2.75) is 24.8 Å². The molecule has 4 aromatic rings. The zero-order valence-corrected chi connectivity index (χ0v) is 21.3. The second-order valence-corrected chi connectivity index (χ2v) is 10.0. The van der Waals surface area contributed by atoms with Crippen LogP contribution in [-0.2, 0) is 9.53 Å². The largest absolute Gasteiger partial charge is 0.463 e. The molecule has 0 fully saturated rings. The number of rotatable bonds is 5. The van der Waals surface area contributed by atoms with Gasteiger partial charge in [0.1, 0.15) is 0 Å². The molecule has 176 valence electrons. The van der Waals surface area contributed by atoms with Gasteiger partial charge in [-0.15, -0.1) is 11.8 Å².